The Balaban J connectivity index is 0.000000154. The molecule has 4 aliphatic heterocycles. The van der Waals surface area contributed by atoms with Crippen molar-refractivity contribution in [2.24, 2.45) is 0 Å². The zero-order valence-electron chi connectivity index (χ0n) is 26.7. The summed E-state index contributed by atoms with van der Waals surface area (Å²) in [5, 5.41) is 12.8. The number of aromatic nitrogens is 2. The third-order valence-corrected chi connectivity index (χ3v) is 9.05. The lowest BCUT2D eigenvalue weighted by atomic mass is 10.0. The number of nitrogens with zero attached hydrogens (tertiary/aromatic N) is 2. The number of fused-ring (bicyclic) bond motifs is 4. The van der Waals surface area contributed by atoms with Crippen LogP contribution in [0.5, 0.6) is 5.88 Å². The molecular weight excluding hydrogens is 637 g/mol. The molecule has 2 aromatic heterocycles. The first-order chi connectivity index (χ1) is 23.7. The van der Waals surface area contributed by atoms with E-state index in [0.29, 0.717) is 48.2 Å². The molecular formula is C36H37F3N6O4. The van der Waals surface area contributed by atoms with Crippen molar-refractivity contribution in [2.45, 2.75) is 62.4 Å². The van der Waals surface area contributed by atoms with Gasteiger partial charge in [-0.05, 0) is 73.4 Å². The minimum Gasteiger partial charge on any atom is -0.478 e. The van der Waals surface area contributed by atoms with Crippen molar-refractivity contribution in [1.82, 2.24) is 20.6 Å². The summed E-state index contributed by atoms with van der Waals surface area (Å²) in [7, 11) is 0. The molecule has 4 aromatic rings. The maximum absolute atomic E-state index is 12.5. The molecule has 49 heavy (non-hydrogen) atoms. The number of pyridine rings is 2. The number of amides is 1. The molecule has 13 heteroatoms. The van der Waals surface area contributed by atoms with E-state index in [1.165, 1.54) is 12.3 Å². The predicted molar refractivity (Wildman–Crippen MR) is 177 cm³/mol. The number of hydrogen-bond donors (Lipinski definition) is 4. The largest absolute Gasteiger partial charge is 0.478 e. The molecule has 2 aromatic carbocycles. The van der Waals surface area contributed by atoms with Gasteiger partial charge in [0.2, 0.25) is 5.88 Å². The van der Waals surface area contributed by atoms with Crippen molar-refractivity contribution < 1.29 is 32.2 Å². The topological polar surface area (TPSA) is 119 Å². The van der Waals surface area contributed by atoms with E-state index in [4.69, 9.17) is 14.2 Å². The Labute approximate surface area is 281 Å². The number of alkyl halides is 3. The first kappa shape index (κ1) is 33.0. The van der Waals surface area contributed by atoms with Gasteiger partial charge in [0.1, 0.15) is 5.82 Å². The summed E-state index contributed by atoms with van der Waals surface area (Å²) in [5.74, 6) is 0.692. The van der Waals surface area contributed by atoms with Gasteiger partial charge in [-0.15, -0.1) is 0 Å². The average Bonchev–Trinajstić information content (AvgIpc) is 3.94. The number of nitrogens with one attached hydrogen (secondary N) is 4. The van der Waals surface area contributed by atoms with E-state index in [2.05, 4.69) is 31.2 Å². The molecule has 4 saturated heterocycles. The van der Waals surface area contributed by atoms with Crippen LogP contribution in [0.2, 0.25) is 0 Å². The van der Waals surface area contributed by atoms with Gasteiger partial charge in [-0.3, -0.25) is 4.79 Å². The second kappa shape index (κ2) is 14.1. The van der Waals surface area contributed by atoms with Crippen molar-refractivity contribution in [3.8, 4) is 5.88 Å². The summed E-state index contributed by atoms with van der Waals surface area (Å²) in [6.45, 7) is 4.31. The molecule has 4 fully saturated rings. The zero-order chi connectivity index (χ0) is 34.0. The molecule has 10 nitrogen and oxygen atoms in total. The van der Waals surface area contributed by atoms with Crippen molar-refractivity contribution in [1.29, 1.82) is 0 Å². The number of halogens is 3. The number of morpholine rings is 2. The highest BCUT2D eigenvalue weighted by atomic mass is 19.4. The Kier molecular flexibility index (Phi) is 9.50. The maximum Gasteiger partial charge on any atom is 0.417 e. The Bertz CT molecular complexity index is 1720. The second-order valence-corrected chi connectivity index (χ2v) is 12.4. The maximum atomic E-state index is 12.5. The van der Waals surface area contributed by atoms with E-state index in [9.17, 15) is 18.0 Å². The molecule has 1 amide bonds. The van der Waals surface area contributed by atoms with E-state index in [1.54, 1.807) is 12.1 Å². The SMILES string of the molecule is CCOc1ccc(C(=O)Nc2ccc([C@@H]3O[C@H]4CN[C@@H]3C4)cc2)cn1.FC(F)(F)c1ccc(Nc2ccc([C@@H]3O[C@H]4CN[C@@H]3C4)cc2)nc1. The monoisotopic (exact) mass is 674 g/mol. The quantitative estimate of drug-likeness (QED) is 0.174. The van der Waals surface area contributed by atoms with Crippen LogP contribution in [0.3, 0.4) is 0 Å². The third kappa shape index (κ3) is 7.70. The number of hydrogen-bond acceptors (Lipinski definition) is 9. The van der Waals surface area contributed by atoms with E-state index >= 15 is 0 Å². The van der Waals surface area contributed by atoms with Gasteiger partial charge in [0.05, 0.1) is 42.1 Å². The number of rotatable bonds is 8. The molecule has 0 unspecified atom stereocenters. The van der Waals surface area contributed by atoms with Gasteiger partial charge in [-0.2, -0.15) is 13.2 Å². The fourth-order valence-electron chi connectivity index (χ4n) is 6.61. The number of benzene rings is 2. The lowest BCUT2D eigenvalue weighted by Gasteiger charge is -2.23. The summed E-state index contributed by atoms with van der Waals surface area (Å²) < 4.78 is 54.8. The van der Waals surface area contributed by atoms with Crippen LogP contribution in [0.15, 0.2) is 85.2 Å². The van der Waals surface area contributed by atoms with Gasteiger partial charge in [0, 0.05) is 55.0 Å². The highest BCUT2D eigenvalue weighted by Crippen LogP contribution is 2.38. The van der Waals surface area contributed by atoms with Gasteiger partial charge < -0.3 is 35.5 Å². The highest BCUT2D eigenvalue weighted by molar-refractivity contribution is 6.04. The number of carbonyl (C=O) groups excluding carboxylic acids is 1. The molecule has 256 valence electrons. The fraction of sp³-hybridized carbons (Fsp3) is 0.361. The van der Waals surface area contributed by atoms with Crippen LogP contribution in [0.1, 0.15) is 59.0 Å². The average molecular weight is 675 g/mol. The fourth-order valence-corrected chi connectivity index (χ4v) is 6.61. The van der Waals surface area contributed by atoms with Crippen molar-refractivity contribution in [3.63, 3.8) is 0 Å². The predicted octanol–water partition coefficient (Wildman–Crippen LogP) is 6.18. The standard InChI is InChI=1S/C19H21N3O3.C17H16F3N3O/c1-2-24-17-8-5-13(10-21-17)19(23)22-14-6-3-12(4-7-14)18-16-9-15(25-18)11-20-16;18-17(19,20)11-3-6-15(22-8-11)23-12-4-1-10(2-5-12)16-14-7-13(24-16)9-21-14/h3-8,10,15-16,18,20H,2,9,11H2,1H3,(H,22,23);1-6,8,13-14,16,21H,7,9H2,(H,22,23)/t15-,16-,18+;13-,14-,16+/m11/s1. The minimum atomic E-state index is -4.37. The number of anilines is 3. The van der Waals surface area contributed by atoms with E-state index < -0.39 is 11.7 Å². The van der Waals surface area contributed by atoms with E-state index in [-0.39, 0.29) is 18.1 Å². The first-order valence-corrected chi connectivity index (χ1v) is 16.4. The molecule has 0 aliphatic carbocycles. The molecule has 4 N–H and O–H groups in total. The van der Waals surface area contributed by atoms with Gasteiger partial charge in [0.15, 0.2) is 0 Å². The van der Waals surface area contributed by atoms with Crippen LogP contribution in [-0.4, -0.2) is 59.9 Å². The summed E-state index contributed by atoms with van der Waals surface area (Å²) in [5.41, 5.74) is 3.49. The minimum absolute atomic E-state index is 0.0713. The molecule has 0 spiro atoms. The molecule has 6 atom stereocenters. The first-order valence-electron chi connectivity index (χ1n) is 16.4. The Morgan fingerprint density at radius 2 is 1.43 bits per heavy atom. The van der Waals surface area contributed by atoms with E-state index in [0.717, 1.165) is 60.7 Å². The van der Waals surface area contributed by atoms with Crippen LogP contribution < -0.4 is 26.0 Å². The Morgan fingerprint density at radius 3 is 1.88 bits per heavy atom. The van der Waals surface area contributed by atoms with Crippen LogP contribution in [0, 0.1) is 0 Å². The Morgan fingerprint density at radius 1 is 0.816 bits per heavy atom. The normalized spacial score (nSPS) is 25.1. The zero-order valence-corrected chi connectivity index (χ0v) is 26.7. The molecule has 4 bridgehead atoms. The summed E-state index contributed by atoms with van der Waals surface area (Å²) in [4.78, 5) is 20.2. The summed E-state index contributed by atoms with van der Waals surface area (Å²) in [6, 6.07) is 22.0. The smallest absolute Gasteiger partial charge is 0.417 e. The van der Waals surface area contributed by atoms with Crippen LogP contribution in [0.4, 0.5) is 30.4 Å². The number of carbonyl (C=O) groups is 1. The Hall–Kier alpha value is -4.56. The lowest BCUT2D eigenvalue weighted by Crippen LogP contribution is -2.33. The third-order valence-electron chi connectivity index (χ3n) is 9.05. The van der Waals surface area contributed by atoms with Crippen LogP contribution in [0.25, 0.3) is 0 Å². The summed E-state index contributed by atoms with van der Waals surface area (Å²) >= 11 is 0. The highest BCUT2D eigenvalue weighted by Gasteiger charge is 2.42. The molecule has 4 aliphatic rings. The second-order valence-electron chi connectivity index (χ2n) is 12.4. The van der Waals surface area contributed by atoms with Gasteiger partial charge in [-0.1, -0.05) is 24.3 Å². The van der Waals surface area contributed by atoms with Crippen molar-refractivity contribution in [3.05, 3.63) is 107 Å². The lowest BCUT2D eigenvalue weighted by molar-refractivity contribution is -0.137. The van der Waals surface area contributed by atoms with E-state index in [1.807, 2.05) is 55.5 Å². The van der Waals surface area contributed by atoms with Crippen molar-refractivity contribution >= 4 is 23.1 Å². The molecule has 0 saturated carbocycles. The molecule has 8 rings (SSSR count). The number of ether oxygens (including phenoxy) is 3. The van der Waals surface area contributed by atoms with Crippen LogP contribution in [-0.2, 0) is 15.7 Å². The van der Waals surface area contributed by atoms with Crippen LogP contribution >= 0.6 is 0 Å². The van der Waals surface area contributed by atoms with Gasteiger partial charge in [0.25, 0.3) is 5.91 Å². The molecule has 6 heterocycles. The van der Waals surface area contributed by atoms with Crippen molar-refractivity contribution in [2.75, 3.05) is 30.3 Å². The molecule has 0 radical (unpaired) electrons. The summed E-state index contributed by atoms with van der Waals surface area (Å²) in [6.07, 6.45) is 0.904. The van der Waals surface area contributed by atoms with Gasteiger partial charge in [-0.25, -0.2) is 9.97 Å². The van der Waals surface area contributed by atoms with Gasteiger partial charge >= 0.3 is 6.18 Å².